The zero-order chi connectivity index (χ0) is 16.6. The first-order valence-corrected chi connectivity index (χ1v) is 14.4. The predicted molar refractivity (Wildman–Crippen MR) is 102 cm³/mol. The van der Waals surface area contributed by atoms with E-state index in [0.717, 1.165) is 29.6 Å². The summed E-state index contributed by atoms with van der Waals surface area (Å²) in [6.45, 7) is 9.71. The van der Waals surface area contributed by atoms with Crippen LogP contribution in [0.15, 0.2) is 24.3 Å². The normalized spacial score (nSPS) is 31.0. The summed E-state index contributed by atoms with van der Waals surface area (Å²) in [7, 11) is 17.2. The average Bonchev–Trinajstić information content (AvgIpc) is 2.85. The molecule has 5 unspecified atom stereocenters. The van der Waals surface area contributed by atoms with E-state index in [-0.39, 0.29) is 7.43 Å². The summed E-state index contributed by atoms with van der Waals surface area (Å²) in [5, 5.41) is 0. The Bertz CT molecular complexity index is 506. The van der Waals surface area contributed by atoms with Crippen LogP contribution in [-0.2, 0) is 14.7 Å². The van der Waals surface area contributed by atoms with Crippen LogP contribution in [-0.4, -0.2) is 13.1 Å². The molecule has 1 aliphatic carbocycles. The van der Waals surface area contributed by atoms with Gasteiger partial charge in [-0.15, -0.1) is 0 Å². The summed E-state index contributed by atoms with van der Waals surface area (Å²) in [5.41, 5.74) is 3.06. The molecule has 1 aromatic rings. The molecule has 3 rings (SSSR count). The number of halogens is 3. The van der Waals surface area contributed by atoms with Crippen LogP contribution < -0.4 is 4.90 Å². The van der Waals surface area contributed by atoms with E-state index in [0.29, 0.717) is 6.04 Å². The van der Waals surface area contributed by atoms with Crippen molar-refractivity contribution in [2.24, 2.45) is 23.7 Å². The van der Waals surface area contributed by atoms with Gasteiger partial charge in [0.2, 0.25) is 0 Å². The molecule has 0 spiro atoms. The molecule has 1 aromatic carbocycles. The number of likely N-dealkylation sites (N-methyl/N-ethyl adjacent to an activating group) is 1. The van der Waals surface area contributed by atoms with Crippen molar-refractivity contribution in [3.8, 4) is 0 Å². The zero-order valence-electron chi connectivity index (χ0n) is 14.9. The molecule has 2 aliphatic rings. The predicted octanol–water partition coefficient (Wildman–Crippen LogP) is 6.66. The van der Waals surface area contributed by atoms with Crippen LogP contribution in [0.25, 0.3) is 0 Å². The molecule has 1 aliphatic heterocycles. The number of fused-ring (bicyclic) bond motifs is 3. The van der Waals surface area contributed by atoms with Crippen LogP contribution in [0.4, 0.5) is 5.69 Å². The second-order valence-corrected chi connectivity index (χ2v) is 14.7. The van der Waals surface area contributed by atoms with Crippen LogP contribution in [0, 0.1) is 31.1 Å². The minimum atomic E-state index is -1.92. The first-order valence-electron chi connectivity index (χ1n) is 7.92. The molecule has 0 radical (unpaired) electrons. The van der Waals surface area contributed by atoms with Crippen molar-refractivity contribution < 1.29 is 14.7 Å². The van der Waals surface area contributed by atoms with Gasteiger partial charge in [0.15, 0.2) is 0 Å². The summed E-state index contributed by atoms with van der Waals surface area (Å²) in [5.74, 6) is 3.97. The summed E-state index contributed by atoms with van der Waals surface area (Å²) in [6.07, 6.45) is 0. The summed E-state index contributed by atoms with van der Waals surface area (Å²) in [4.78, 5) is 2.56. The molecule has 1 fully saturated rings. The fourth-order valence-corrected chi connectivity index (χ4v) is 4.76. The monoisotopic (exact) mass is 411 g/mol. The minimum absolute atomic E-state index is 0. The molecule has 5 atom stereocenters. The third-order valence-electron chi connectivity index (χ3n) is 5.66. The van der Waals surface area contributed by atoms with Gasteiger partial charge in [0.1, 0.15) is 0 Å². The van der Waals surface area contributed by atoms with Gasteiger partial charge in [-0.25, -0.2) is 0 Å². The van der Waals surface area contributed by atoms with E-state index in [9.17, 15) is 0 Å². The Morgan fingerprint density at radius 2 is 1.57 bits per heavy atom. The van der Waals surface area contributed by atoms with Crippen molar-refractivity contribution in [2.45, 2.75) is 39.7 Å². The Hall–Kier alpha value is 0.604. The second kappa shape index (κ2) is 8.81. The molecule has 1 saturated carbocycles. The molecule has 0 aromatic heterocycles. The van der Waals surface area contributed by atoms with Gasteiger partial charge in [0.05, 0.1) is 0 Å². The molecule has 0 saturated heterocycles. The summed E-state index contributed by atoms with van der Waals surface area (Å²) < 4.78 is 0. The van der Waals surface area contributed by atoms with Crippen LogP contribution >= 0.6 is 27.9 Å². The molecule has 0 amide bonds. The third-order valence-corrected chi connectivity index (χ3v) is 5.66. The SMILES string of the molecule is CC(C)C1C(C)C(C)C2c3ccccc3N(C)C21.[CH3-].[Cl][Ti+]([Cl])[Cl]. The van der Waals surface area contributed by atoms with Gasteiger partial charge in [0, 0.05) is 24.7 Å². The number of benzene rings is 1. The zero-order valence-corrected chi connectivity index (χ0v) is 18.7. The van der Waals surface area contributed by atoms with Gasteiger partial charge >= 0.3 is 42.6 Å². The van der Waals surface area contributed by atoms with Gasteiger partial charge in [-0.05, 0) is 35.3 Å². The summed E-state index contributed by atoms with van der Waals surface area (Å²) in [6, 6.07) is 9.74. The van der Waals surface area contributed by atoms with E-state index < -0.39 is 14.7 Å². The topological polar surface area (TPSA) is 3.24 Å². The van der Waals surface area contributed by atoms with E-state index in [1.54, 1.807) is 5.56 Å². The van der Waals surface area contributed by atoms with E-state index in [2.05, 4.69) is 63.9 Å². The van der Waals surface area contributed by atoms with Crippen LogP contribution in [0.2, 0.25) is 0 Å². The summed E-state index contributed by atoms with van der Waals surface area (Å²) >= 11 is -1.92. The molecule has 130 valence electrons. The maximum absolute atomic E-state index is 4.97. The van der Waals surface area contributed by atoms with E-state index in [1.165, 1.54) is 5.69 Å². The van der Waals surface area contributed by atoms with Crippen LogP contribution in [0.3, 0.4) is 0 Å². The maximum atomic E-state index is 4.97. The molecule has 1 heterocycles. The number of hydrogen-bond donors (Lipinski definition) is 0. The first-order chi connectivity index (χ1) is 10.3. The van der Waals surface area contributed by atoms with E-state index in [4.69, 9.17) is 27.9 Å². The number of rotatable bonds is 1. The fraction of sp³-hybridized carbons (Fsp3) is 0.611. The average molecular weight is 413 g/mol. The number of para-hydroxylation sites is 1. The van der Waals surface area contributed by atoms with E-state index in [1.807, 2.05) is 0 Å². The van der Waals surface area contributed by atoms with Crippen LogP contribution in [0.1, 0.15) is 39.2 Å². The Morgan fingerprint density at radius 1 is 1.04 bits per heavy atom. The third kappa shape index (κ3) is 4.23. The van der Waals surface area contributed by atoms with Crippen molar-refractivity contribution in [3.63, 3.8) is 0 Å². The second-order valence-electron chi connectivity index (χ2n) is 6.94. The van der Waals surface area contributed by atoms with Gasteiger partial charge in [-0.2, -0.15) is 0 Å². The van der Waals surface area contributed by atoms with Crippen molar-refractivity contribution in [3.05, 3.63) is 37.3 Å². The number of anilines is 1. The standard InChI is InChI=1S/C17H25N.CH3.3ClH.Ti/c1-10(2)15-11(3)12(4)16-13-8-6-7-9-14(13)18(5)17(15)16;;;;;/h6-12,15-17H,1-5H3;1H3;3*1H;/q;-1;;;;+4/p-3. The quantitative estimate of drug-likeness (QED) is 0.368. The Labute approximate surface area is 160 Å². The Balaban J connectivity index is 0.000000478. The number of hydrogen-bond acceptors (Lipinski definition) is 1. The van der Waals surface area contributed by atoms with Gasteiger partial charge in [-0.3, -0.25) is 0 Å². The van der Waals surface area contributed by atoms with Crippen molar-refractivity contribution in [2.75, 3.05) is 11.9 Å². The van der Waals surface area contributed by atoms with Gasteiger partial charge in [-0.1, -0.05) is 45.9 Å². The molecular formula is C18H28Cl3NTi. The van der Waals surface area contributed by atoms with E-state index >= 15 is 0 Å². The van der Waals surface area contributed by atoms with Crippen molar-refractivity contribution in [1.82, 2.24) is 0 Å². The van der Waals surface area contributed by atoms with Gasteiger partial charge < -0.3 is 12.3 Å². The van der Waals surface area contributed by atoms with Crippen LogP contribution in [0.5, 0.6) is 0 Å². The molecular weight excluding hydrogens is 384 g/mol. The van der Waals surface area contributed by atoms with Crippen molar-refractivity contribution in [1.29, 1.82) is 0 Å². The Kier molecular flexibility index (Phi) is 8.29. The van der Waals surface area contributed by atoms with Gasteiger partial charge in [0.25, 0.3) is 0 Å². The Morgan fingerprint density at radius 3 is 2.09 bits per heavy atom. The molecule has 1 nitrogen and oxygen atoms in total. The molecule has 5 heteroatoms. The molecule has 0 N–H and O–H groups in total. The van der Waals surface area contributed by atoms with Crippen molar-refractivity contribution >= 4 is 33.6 Å². The molecule has 23 heavy (non-hydrogen) atoms. The number of nitrogens with zero attached hydrogens (tertiary/aromatic N) is 1. The fourth-order valence-electron chi connectivity index (χ4n) is 4.76. The molecule has 0 bridgehead atoms. The first kappa shape index (κ1) is 21.6.